The molecule has 3 rings (SSSR count). The lowest BCUT2D eigenvalue weighted by Crippen LogP contribution is -2.41. The highest BCUT2D eigenvalue weighted by Gasteiger charge is 2.28. The molecule has 2 nitrogen and oxygen atoms in total. The van der Waals surface area contributed by atoms with Gasteiger partial charge in [0.1, 0.15) is 11.9 Å². The van der Waals surface area contributed by atoms with Crippen molar-refractivity contribution in [1.82, 2.24) is 0 Å². The Balaban J connectivity index is 1.68. The van der Waals surface area contributed by atoms with E-state index in [2.05, 4.69) is 29.6 Å². The first-order valence-electron chi connectivity index (χ1n) is 8.46. The molecule has 110 valence electrons. The molecule has 1 aliphatic heterocycles. The summed E-state index contributed by atoms with van der Waals surface area (Å²) in [5.74, 6) is 1.04. The van der Waals surface area contributed by atoms with Gasteiger partial charge in [-0.05, 0) is 31.4 Å². The van der Waals surface area contributed by atoms with Gasteiger partial charge in [0.05, 0.1) is 11.7 Å². The zero-order valence-corrected chi connectivity index (χ0v) is 12.4. The molecule has 1 heterocycles. The maximum absolute atomic E-state index is 6.28. The molecule has 0 aromatic heterocycles. The molecule has 2 aliphatic rings. The van der Waals surface area contributed by atoms with E-state index in [9.17, 15) is 0 Å². The summed E-state index contributed by atoms with van der Waals surface area (Å²) in [7, 11) is 0. The summed E-state index contributed by atoms with van der Waals surface area (Å²) in [6.07, 6.45) is 13.9. The van der Waals surface area contributed by atoms with E-state index in [-0.39, 0.29) is 0 Å². The number of rotatable bonds is 0. The van der Waals surface area contributed by atoms with E-state index < -0.39 is 0 Å². The Morgan fingerprint density at radius 1 is 0.800 bits per heavy atom. The molecule has 1 fully saturated rings. The second-order valence-electron chi connectivity index (χ2n) is 6.31. The third-order valence-corrected chi connectivity index (χ3v) is 4.71. The van der Waals surface area contributed by atoms with Crippen LogP contribution in [0.1, 0.15) is 64.2 Å². The number of nitrogens with one attached hydrogen (secondary N) is 1. The second-order valence-corrected chi connectivity index (χ2v) is 6.31. The van der Waals surface area contributed by atoms with Gasteiger partial charge in [0, 0.05) is 0 Å². The van der Waals surface area contributed by atoms with E-state index in [0.29, 0.717) is 12.1 Å². The van der Waals surface area contributed by atoms with Crippen molar-refractivity contribution in [2.75, 3.05) is 5.32 Å². The monoisotopic (exact) mass is 273 g/mol. The molecule has 1 aromatic rings. The number of hydrogen-bond acceptors (Lipinski definition) is 2. The normalized spacial score (nSPS) is 27.8. The van der Waals surface area contributed by atoms with Crippen LogP contribution in [0.2, 0.25) is 0 Å². The lowest BCUT2D eigenvalue weighted by atomic mass is 9.94. The topological polar surface area (TPSA) is 21.3 Å². The average molecular weight is 273 g/mol. The SMILES string of the molecule is c1ccc2c(c1)NC1CCCCCCCCCCC1O2. The van der Waals surface area contributed by atoms with E-state index in [1.54, 1.807) is 0 Å². The van der Waals surface area contributed by atoms with Crippen LogP contribution in [0.5, 0.6) is 5.75 Å². The number of fused-ring (bicyclic) bond motifs is 2. The van der Waals surface area contributed by atoms with Gasteiger partial charge in [-0.2, -0.15) is 0 Å². The second kappa shape index (κ2) is 7.01. The van der Waals surface area contributed by atoms with Crippen molar-refractivity contribution in [2.45, 2.75) is 76.4 Å². The minimum atomic E-state index is 0.365. The summed E-state index contributed by atoms with van der Waals surface area (Å²) in [6.45, 7) is 0. The van der Waals surface area contributed by atoms with Crippen LogP contribution >= 0.6 is 0 Å². The Labute approximate surface area is 122 Å². The molecule has 1 N–H and O–H groups in total. The maximum Gasteiger partial charge on any atom is 0.142 e. The van der Waals surface area contributed by atoms with Crippen LogP contribution in [-0.4, -0.2) is 12.1 Å². The third kappa shape index (κ3) is 3.47. The summed E-state index contributed by atoms with van der Waals surface area (Å²) in [6, 6.07) is 8.89. The number of ether oxygens (including phenoxy) is 1. The van der Waals surface area contributed by atoms with E-state index >= 15 is 0 Å². The Morgan fingerprint density at radius 2 is 1.45 bits per heavy atom. The van der Waals surface area contributed by atoms with Gasteiger partial charge in [0.2, 0.25) is 0 Å². The number of benzene rings is 1. The third-order valence-electron chi connectivity index (χ3n) is 4.71. The number of para-hydroxylation sites is 2. The zero-order chi connectivity index (χ0) is 13.6. The fourth-order valence-corrected chi connectivity index (χ4v) is 3.52. The van der Waals surface area contributed by atoms with Crippen LogP contribution in [-0.2, 0) is 0 Å². The van der Waals surface area contributed by atoms with Crippen molar-refractivity contribution in [1.29, 1.82) is 0 Å². The highest BCUT2D eigenvalue weighted by atomic mass is 16.5. The summed E-state index contributed by atoms with van der Waals surface area (Å²) in [4.78, 5) is 0. The maximum atomic E-state index is 6.28. The number of anilines is 1. The van der Waals surface area contributed by atoms with Crippen LogP contribution in [0.4, 0.5) is 5.69 Å². The fraction of sp³-hybridized carbons (Fsp3) is 0.667. The molecule has 0 spiro atoms. The first-order chi connectivity index (χ1) is 9.93. The van der Waals surface area contributed by atoms with E-state index in [1.165, 1.54) is 69.9 Å². The Morgan fingerprint density at radius 3 is 2.25 bits per heavy atom. The van der Waals surface area contributed by atoms with Crippen LogP contribution in [0.3, 0.4) is 0 Å². The molecule has 20 heavy (non-hydrogen) atoms. The van der Waals surface area contributed by atoms with Crippen molar-refractivity contribution >= 4 is 5.69 Å². The predicted octanol–water partition coefficient (Wildman–Crippen LogP) is 5.14. The highest BCUT2D eigenvalue weighted by Crippen LogP contribution is 2.34. The largest absolute Gasteiger partial charge is 0.486 e. The molecular formula is C18H27NO. The standard InChI is InChI=1S/C18H27NO/c1-2-4-6-8-13-17-15(11-7-5-3-1)19-16-12-9-10-14-18(16)20-17/h9-10,12,14-15,17,19H,1-8,11,13H2. The molecular weight excluding hydrogens is 246 g/mol. The van der Waals surface area contributed by atoms with Crippen LogP contribution in [0.15, 0.2) is 24.3 Å². The van der Waals surface area contributed by atoms with Crippen molar-refractivity contribution in [3.63, 3.8) is 0 Å². The molecule has 1 aliphatic carbocycles. The molecule has 1 saturated carbocycles. The molecule has 1 aromatic carbocycles. The van der Waals surface area contributed by atoms with Crippen LogP contribution in [0, 0.1) is 0 Å². The molecule has 2 unspecified atom stereocenters. The smallest absolute Gasteiger partial charge is 0.142 e. The molecule has 0 saturated heterocycles. The average Bonchev–Trinajstić information content (AvgIpc) is 2.47. The minimum Gasteiger partial charge on any atom is -0.486 e. The molecule has 0 radical (unpaired) electrons. The van der Waals surface area contributed by atoms with Gasteiger partial charge >= 0.3 is 0 Å². The molecule has 2 atom stereocenters. The zero-order valence-electron chi connectivity index (χ0n) is 12.4. The molecule has 2 heteroatoms. The van der Waals surface area contributed by atoms with Crippen LogP contribution < -0.4 is 10.1 Å². The Hall–Kier alpha value is -1.18. The van der Waals surface area contributed by atoms with E-state index in [0.717, 1.165) is 5.75 Å². The van der Waals surface area contributed by atoms with E-state index in [1.807, 2.05) is 0 Å². The van der Waals surface area contributed by atoms with Gasteiger partial charge in [-0.1, -0.05) is 57.1 Å². The fourth-order valence-electron chi connectivity index (χ4n) is 3.52. The van der Waals surface area contributed by atoms with Crippen molar-refractivity contribution in [2.24, 2.45) is 0 Å². The van der Waals surface area contributed by atoms with Gasteiger partial charge in [-0.3, -0.25) is 0 Å². The van der Waals surface area contributed by atoms with Gasteiger partial charge in [0.15, 0.2) is 0 Å². The minimum absolute atomic E-state index is 0.365. The first kappa shape index (κ1) is 13.8. The van der Waals surface area contributed by atoms with E-state index in [4.69, 9.17) is 4.74 Å². The summed E-state index contributed by atoms with van der Waals surface area (Å²) < 4.78 is 6.28. The van der Waals surface area contributed by atoms with Gasteiger partial charge in [0.25, 0.3) is 0 Å². The predicted molar refractivity (Wildman–Crippen MR) is 84.4 cm³/mol. The lowest BCUT2D eigenvalue weighted by molar-refractivity contribution is 0.148. The highest BCUT2D eigenvalue weighted by molar-refractivity contribution is 5.58. The summed E-state index contributed by atoms with van der Waals surface area (Å²) >= 11 is 0. The molecule has 0 bridgehead atoms. The quantitative estimate of drug-likeness (QED) is 0.706. The van der Waals surface area contributed by atoms with Crippen molar-refractivity contribution < 1.29 is 4.74 Å². The summed E-state index contributed by atoms with van der Waals surface area (Å²) in [5.41, 5.74) is 1.18. The van der Waals surface area contributed by atoms with Gasteiger partial charge in [-0.25, -0.2) is 0 Å². The van der Waals surface area contributed by atoms with Crippen molar-refractivity contribution in [3.8, 4) is 5.75 Å². The number of hydrogen-bond donors (Lipinski definition) is 1. The van der Waals surface area contributed by atoms with Crippen molar-refractivity contribution in [3.05, 3.63) is 24.3 Å². The Bertz CT molecular complexity index is 379. The first-order valence-corrected chi connectivity index (χ1v) is 8.46. The lowest BCUT2D eigenvalue weighted by Gasteiger charge is -2.35. The van der Waals surface area contributed by atoms with Gasteiger partial charge in [-0.15, -0.1) is 0 Å². The summed E-state index contributed by atoms with van der Waals surface area (Å²) in [5, 5.41) is 3.73. The van der Waals surface area contributed by atoms with Crippen LogP contribution in [0.25, 0.3) is 0 Å². The Kier molecular flexibility index (Phi) is 4.83. The van der Waals surface area contributed by atoms with Gasteiger partial charge < -0.3 is 10.1 Å². The molecule has 0 amide bonds.